The van der Waals surface area contributed by atoms with Crippen LogP contribution in [0.3, 0.4) is 0 Å². The average Bonchev–Trinajstić information content (AvgIpc) is 2.53. The molecule has 6 heteroatoms. The standard InChI is InChI=1S/C15H18N6/c1-2-3-4-9-17-15-20-14(11-18-21-15)19-13-7-5-12(10-16)6-8-13/h5-8,11H,2-4,9H2,1H3,(H2,17,19,20,21). The van der Waals surface area contributed by atoms with Crippen molar-refractivity contribution >= 4 is 17.5 Å². The van der Waals surface area contributed by atoms with E-state index in [-0.39, 0.29) is 0 Å². The van der Waals surface area contributed by atoms with Gasteiger partial charge in [-0.2, -0.15) is 15.3 Å². The maximum Gasteiger partial charge on any atom is 0.244 e. The second-order valence-corrected chi connectivity index (χ2v) is 4.61. The summed E-state index contributed by atoms with van der Waals surface area (Å²) in [6.07, 6.45) is 5.02. The number of nitrogens with zero attached hydrogens (tertiary/aromatic N) is 4. The number of hydrogen-bond acceptors (Lipinski definition) is 6. The highest BCUT2D eigenvalue weighted by Gasteiger charge is 2.01. The van der Waals surface area contributed by atoms with Gasteiger partial charge in [0.05, 0.1) is 17.8 Å². The normalized spacial score (nSPS) is 9.90. The molecule has 0 fully saturated rings. The van der Waals surface area contributed by atoms with E-state index >= 15 is 0 Å². The van der Waals surface area contributed by atoms with E-state index in [0.29, 0.717) is 17.3 Å². The van der Waals surface area contributed by atoms with Crippen molar-refractivity contribution in [2.45, 2.75) is 26.2 Å². The van der Waals surface area contributed by atoms with Gasteiger partial charge in [0.2, 0.25) is 5.95 Å². The predicted molar refractivity (Wildman–Crippen MR) is 82.3 cm³/mol. The molecule has 108 valence electrons. The fraction of sp³-hybridized carbons (Fsp3) is 0.333. The van der Waals surface area contributed by atoms with E-state index < -0.39 is 0 Å². The molecule has 0 radical (unpaired) electrons. The molecule has 0 amide bonds. The summed E-state index contributed by atoms with van der Waals surface area (Å²) in [7, 11) is 0. The second-order valence-electron chi connectivity index (χ2n) is 4.61. The molecule has 0 aliphatic carbocycles. The van der Waals surface area contributed by atoms with E-state index in [1.54, 1.807) is 18.3 Å². The van der Waals surface area contributed by atoms with Gasteiger partial charge in [0, 0.05) is 12.2 Å². The summed E-state index contributed by atoms with van der Waals surface area (Å²) in [5.41, 5.74) is 1.48. The minimum Gasteiger partial charge on any atom is -0.353 e. The maximum absolute atomic E-state index is 8.77. The summed E-state index contributed by atoms with van der Waals surface area (Å²) < 4.78 is 0. The summed E-state index contributed by atoms with van der Waals surface area (Å²) in [6, 6.07) is 9.24. The van der Waals surface area contributed by atoms with E-state index in [9.17, 15) is 0 Å². The molecular weight excluding hydrogens is 264 g/mol. The minimum atomic E-state index is 0.518. The highest BCUT2D eigenvalue weighted by atomic mass is 15.3. The Hall–Kier alpha value is -2.68. The number of anilines is 3. The molecule has 0 saturated heterocycles. The number of aromatic nitrogens is 3. The summed E-state index contributed by atoms with van der Waals surface area (Å²) in [6.45, 7) is 3.01. The Labute approximate surface area is 124 Å². The molecule has 0 aliphatic rings. The molecule has 0 aliphatic heterocycles. The average molecular weight is 282 g/mol. The Bertz CT molecular complexity index is 602. The lowest BCUT2D eigenvalue weighted by Gasteiger charge is -2.07. The summed E-state index contributed by atoms with van der Waals surface area (Å²) in [4.78, 5) is 4.35. The zero-order chi connectivity index (χ0) is 14.9. The van der Waals surface area contributed by atoms with Gasteiger partial charge in [-0.15, -0.1) is 5.10 Å². The highest BCUT2D eigenvalue weighted by Crippen LogP contribution is 2.15. The van der Waals surface area contributed by atoms with Crippen molar-refractivity contribution in [2.24, 2.45) is 0 Å². The first-order chi connectivity index (χ1) is 10.3. The van der Waals surface area contributed by atoms with Crippen molar-refractivity contribution in [1.29, 1.82) is 5.26 Å². The van der Waals surface area contributed by atoms with Crippen molar-refractivity contribution < 1.29 is 0 Å². The Morgan fingerprint density at radius 1 is 1.19 bits per heavy atom. The van der Waals surface area contributed by atoms with Gasteiger partial charge in [-0.25, -0.2) is 0 Å². The number of unbranched alkanes of at least 4 members (excludes halogenated alkanes) is 2. The lowest BCUT2D eigenvalue weighted by atomic mass is 10.2. The van der Waals surface area contributed by atoms with E-state index in [2.05, 4.69) is 38.8 Å². The van der Waals surface area contributed by atoms with Crippen molar-refractivity contribution in [3.63, 3.8) is 0 Å². The number of nitriles is 1. The van der Waals surface area contributed by atoms with Crippen LogP contribution in [0, 0.1) is 11.3 Å². The first-order valence-corrected chi connectivity index (χ1v) is 7.02. The molecule has 1 aromatic carbocycles. The van der Waals surface area contributed by atoms with Gasteiger partial charge >= 0.3 is 0 Å². The van der Waals surface area contributed by atoms with Gasteiger partial charge in [0.15, 0.2) is 5.82 Å². The molecule has 6 nitrogen and oxygen atoms in total. The fourth-order valence-corrected chi connectivity index (χ4v) is 1.79. The second kappa shape index (κ2) is 7.80. The van der Waals surface area contributed by atoms with Gasteiger partial charge < -0.3 is 10.6 Å². The van der Waals surface area contributed by atoms with Gasteiger partial charge in [0.1, 0.15) is 0 Å². The molecule has 21 heavy (non-hydrogen) atoms. The molecule has 0 bridgehead atoms. The van der Waals surface area contributed by atoms with E-state index in [1.807, 2.05) is 12.1 Å². The van der Waals surface area contributed by atoms with Crippen LogP contribution in [0.15, 0.2) is 30.5 Å². The summed E-state index contributed by atoms with van der Waals surface area (Å²) in [5, 5.41) is 22.9. The number of rotatable bonds is 7. The quantitative estimate of drug-likeness (QED) is 0.759. The van der Waals surface area contributed by atoms with Crippen LogP contribution in [0.2, 0.25) is 0 Å². The zero-order valence-electron chi connectivity index (χ0n) is 12.0. The van der Waals surface area contributed by atoms with Crippen LogP contribution in [0.4, 0.5) is 17.5 Å². The Kier molecular flexibility index (Phi) is 5.47. The summed E-state index contributed by atoms with van der Waals surface area (Å²) in [5.74, 6) is 1.14. The number of hydrogen-bond donors (Lipinski definition) is 2. The van der Waals surface area contributed by atoms with Crippen LogP contribution >= 0.6 is 0 Å². The van der Waals surface area contributed by atoms with Crippen molar-refractivity contribution in [2.75, 3.05) is 17.2 Å². The third kappa shape index (κ3) is 4.73. The van der Waals surface area contributed by atoms with Crippen LogP contribution in [-0.2, 0) is 0 Å². The molecule has 2 aromatic rings. The maximum atomic E-state index is 8.77. The minimum absolute atomic E-state index is 0.518. The first-order valence-electron chi connectivity index (χ1n) is 7.02. The lowest BCUT2D eigenvalue weighted by Crippen LogP contribution is -2.07. The van der Waals surface area contributed by atoms with E-state index in [1.165, 1.54) is 12.8 Å². The van der Waals surface area contributed by atoms with Crippen molar-refractivity contribution in [3.8, 4) is 6.07 Å². The van der Waals surface area contributed by atoms with Gasteiger partial charge in [0.25, 0.3) is 0 Å². The predicted octanol–water partition coefficient (Wildman–Crippen LogP) is 3.09. The molecule has 2 N–H and O–H groups in total. The SMILES string of the molecule is CCCCCNc1nncc(Nc2ccc(C#N)cc2)n1. The Morgan fingerprint density at radius 3 is 2.71 bits per heavy atom. The van der Waals surface area contributed by atoms with E-state index in [0.717, 1.165) is 18.7 Å². The largest absolute Gasteiger partial charge is 0.353 e. The zero-order valence-corrected chi connectivity index (χ0v) is 12.0. The van der Waals surface area contributed by atoms with Crippen LogP contribution in [0.5, 0.6) is 0 Å². The molecule has 0 atom stereocenters. The van der Waals surface area contributed by atoms with Gasteiger partial charge in [-0.05, 0) is 30.7 Å². The van der Waals surface area contributed by atoms with Crippen molar-refractivity contribution in [1.82, 2.24) is 15.2 Å². The number of nitrogens with one attached hydrogen (secondary N) is 2. The van der Waals surface area contributed by atoms with E-state index in [4.69, 9.17) is 5.26 Å². The molecule has 0 spiro atoms. The van der Waals surface area contributed by atoms with Gasteiger partial charge in [-0.3, -0.25) is 0 Å². The van der Waals surface area contributed by atoms with Crippen LogP contribution in [0.25, 0.3) is 0 Å². The third-order valence-electron chi connectivity index (χ3n) is 2.91. The van der Waals surface area contributed by atoms with Crippen LogP contribution in [0.1, 0.15) is 31.7 Å². The fourth-order valence-electron chi connectivity index (χ4n) is 1.79. The monoisotopic (exact) mass is 282 g/mol. The Morgan fingerprint density at radius 2 is 2.00 bits per heavy atom. The highest BCUT2D eigenvalue weighted by molar-refractivity contribution is 5.57. The van der Waals surface area contributed by atoms with Crippen LogP contribution < -0.4 is 10.6 Å². The van der Waals surface area contributed by atoms with Gasteiger partial charge in [-0.1, -0.05) is 19.8 Å². The smallest absolute Gasteiger partial charge is 0.244 e. The topological polar surface area (TPSA) is 86.5 Å². The molecule has 0 unspecified atom stereocenters. The molecule has 0 saturated carbocycles. The molecule has 1 aromatic heterocycles. The van der Waals surface area contributed by atoms with Crippen LogP contribution in [-0.4, -0.2) is 21.7 Å². The molecular formula is C15H18N6. The molecule has 2 rings (SSSR count). The summed E-state index contributed by atoms with van der Waals surface area (Å²) >= 11 is 0. The Balaban J connectivity index is 1.95. The first kappa shape index (κ1) is 14.7. The number of benzene rings is 1. The van der Waals surface area contributed by atoms with Crippen molar-refractivity contribution in [3.05, 3.63) is 36.0 Å². The lowest BCUT2D eigenvalue weighted by molar-refractivity contribution is 0.738. The third-order valence-corrected chi connectivity index (χ3v) is 2.91. The molecule has 1 heterocycles.